The van der Waals surface area contributed by atoms with Crippen molar-refractivity contribution in [3.8, 4) is 0 Å². The lowest BCUT2D eigenvalue weighted by molar-refractivity contribution is -0.144. The number of para-hydroxylation sites is 1. The molecule has 0 unspecified atom stereocenters. The third-order valence-corrected chi connectivity index (χ3v) is 16.4. The van der Waals surface area contributed by atoms with Crippen LogP contribution in [0.25, 0.3) is 0 Å². The van der Waals surface area contributed by atoms with Gasteiger partial charge in [0.2, 0.25) is 29.5 Å². The summed E-state index contributed by atoms with van der Waals surface area (Å²) in [4.78, 5) is 93.1. The van der Waals surface area contributed by atoms with Gasteiger partial charge in [-0.2, -0.15) is 0 Å². The molecule has 9 rings (SSSR count). The summed E-state index contributed by atoms with van der Waals surface area (Å²) in [5, 5.41) is 17.5. The van der Waals surface area contributed by atoms with Crippen LogP contribution in [0.1, 0.15) is 80.8 Å². The van der Waals surface area contributed by atoms with Crippen LogP contribution >= 0.6 is 37.2 Å². The van der Waals surface area contributed by atoms with E-state index in [2.05, 4.69) is 55.5 Å². The molecule has 0 bridgehead atoms. The van der Waals surface area contributed by atoms with Gasteiger partial charge >= 0.3 is 0 Å². The zero-order valence-electron chi connectivity index (χ0n) is 47.3. The molecule has 0 spiro atoms. The number of halogens is 6. The Morgan fingerprint density at radius 1 is 0.843 bits per heavy atom. The van der Waals surface area contributed by atoms with Gasteiger partial charge in [-0.05, 0) is 130 Å². The first-order valence-electron chi connectivity index (χ1n) is 27.7. The van der Waals surface area contributed by atoms with Crippen LogP contribution in [-0.4, -0.2) is 160 Å². The van der Waals surface area contributed by atoms with Crippen LogP contribution in [0.2, 0.25) is 0 Å². The molecule has 3 fully saturated rings. The summed E-state index contributed by atoms with van der Waals surface area (Å²) < 4.78 is 55.1. The number of rotatable bonds is 18. The number of hydrogen-bond acceptors (Lipinski definition) is 12. The van der Waals surface area contributed by atoms with Crippen molar-refractivity contribution >= 4 is 89.7 Å². The van der Waals surface area contributed by atoms with E-state index in [9.17, 15) is 33.2 Å². The normalized spacial score (nSPS) is 22.3. The van der Waals surface area contributed by atoms with Gasteiger partial charge in [0.25, 0.3) is 5.91 Å². The Balaban J connectivity index is 0.00000369. The molecule has 5 heterocycles. The molecular weight excluding hydrogens is 1140 g/mol. The summed E-state index contributed by atoms with van der Waals surface area (Å²) in [5.74, 6) is -5.69. The third-order valence-electron chi connectivity index (χ3n) is 16.4. The zero-order valence-corrected chi connectivity index (χ0v) is 49.7. The Kier molecular flexibility index (Phi) is 23.4. The number of nitrogens with one attached hydrogen (secondary N) is 6. The average Bonchev–Trinajstić information content (AvgIpc) is 3.58. The molecule has 0 saturated carbocycles. The summed E-state index contributed by atoms with van der Waals surface area (Å²) in [6, 6.07) is 17.2. The van der Waals surface area contributed by atoms with Crippen LogP contribution in [0.3, 0.4) is 0 Å². The average molecular weight is 1220 g/mol. The van der Waals surface area contributed by atoms with Crippen molar-refractivity contribution in [3.05, 3.63) is 124 Å². The van der Waals surface area contributed by atoms with Crippen molar-refractivity contribution in [1.82, 2.24) is 36.0 Å². The summed E-state index contributed by atoms with van der Waals surface area (Å²) in [7, 11) is 1.61. The summed E-state index contributed by atoms with van der Waals surface area (Å²) >= 11 is 0. The first kappa shape index (κ1) is 66.3. The number of ether oxygens (including phenoxy) is 2. The molecule has 7 atom stereocenters. The van der Waals surface area contributed by atoms with E-state index >= 15 is 8.78 Å². The van der Waals surface area contributed by atoms with Gasteiger partial charge < -0.3 is 51.2 Å². The minimum atomic E-state index is -1.44. The van der Waals surface area contributed by atoms with Gasteiger partial charge in [-0.1, -0.05) is 36.4 Å². The van der Waals surface area contributed by atoms with Crippen molar-refractivity contribution in [3.63, 3.8) is 0 Å². The number of amides is 6. The quantitative estimate of drug-likeness (QED) is 0.0717. The molecule has 452 valence electrons. The second-order valence-electron chi connectivity index (χ2n) is 22.1. The van der Waals surface area contributed by atoms with Crippen LogP contribution in [-0.2, 0) is 56.6 Å². The Morgan fingerprint density at radius 2 is 1.55 bits per heavy atom. The molecule has 5 aliphatic heterocycles. The van der Waals surface area contributed by atoms with Crippen LogP contribution in [0.5, 0.6) is 0 Å². The lowest BCUT2D eigenvalue weighted by Crippen LogP contribution is -2.62. The van der Waals surface area contributed by atoms with Gasteiger partial charge in [0.1, 0.15) is 35.2 Å². The Bertz CT molecular complexity index is 2940. The Hall–Kier alpha value is -5.88. The van der Waals surface area contributed by atoms with Crippen molar-refractivity contribution < 1.29 is 51.4 Å². The fourth-order valence-electron chi connectivity index (χ4n) is 11.6. The molecule has 6 amide bonds. The fraction of sp³-hybridized carbons (Fsp3) is 0.492. The van der Waals surface area contributed by atoms with Crippen molar-refractivity contribution in [2.45, 2.75) is 102 Å². The smallest absolute Gasteiger partial charge is 0.252 e. The van der Waals surface area contributed by atoms with Gasteiger partial charge in [-0.15, -0.1) is 37.2 Å². The van der Waals surface area contributed by atoms with Crippen LogP contribution in [0.4, 0.5) is 30.2 Å². The third kappa shape index (κ3) is 15.3. The predicted octanol–water partition coefficient (Wildman–Crippen LogP) is 5.63. The highest BCUT2D eigenvalue weighted by Crippen LogP contribution is 2.43. The van der Waals surface area contributed by atoms with Gasteiger partial charge in [0.15, 0.2) is 0 Å². The van der Waals surface area contributed by atoms with Crippen LogP contribution in [0.15, 0.2) is 78.9 Å². The van der Waals surface area contributed by atoms with Crippen LogP contribution < -0.4 is 36.8 Å². The fourth-order valence-corrected chi connectivity index (χ4v) is 11.6. The standard InChI is InChI=1S/C59H73F3N10O8.3ClH/c1-35-29-70(44(28-65-35)31-69-21-24-80-33-36(69)2)32-51(74)72-34-59(4,46-16-11-39(26-49(46)72)25-38-9-13-42(60)14-10-38)58(78)64-20-17-50(73)66-43-15-12-41-30-71(54(45(41)27-43)56(76)68-53-47(61)7-6-8-48(53)62)57(77)52(40-18-22-79-23-19-40)67-55(75)37(3)63-5;;;/h6-16,26-27,35-37,40,44,52,54,63,65H,17-25,28-34H2,1-5H3,(H,64,78)(H,66,73)(H,67,75)(H,68,76);3*1H/t35-,36-,37+,44-,52+,54+,59-;;;/m1.../s1. The van der Waals surface area contributed by atoms with E-state index in [0.29, 0.717) is 81.2 Å². The lowest BCUT2D eigenvalue weighted by atomic mass is 9.83. The number of fused-ring (bicyclic) bond motifs is 2. The topological polar surface area (TPSA) is 206 Å². The van der Waals surface area contributed by atoms with E-state index in [1.54, 1.807) is 50.1 Å². The molecule has 18 nitrogen and oxygen atoms in total. The first-order valence-corrected chi connectivity index (χ1v) is 27.7. The molecule has 0 aromatic heterocycles. The number of likely N-dealkylation sites (N-methyl/N-ethyl adjacent to an activating group) is 1. The van der Waals surface area contributed by atoms with Crippen molar-refractivity contribution in [1.29, 1.82) is 0 Å². The van der Waals surface area contributed by atoms with Gasteiger partial charge in [-0.25, -0.2) is 13.2 Å². The highest BCUT2D eigenvalue weighted by atomic mass is 35.5. The summed E-state index contributed by atoms with van der Waals surface area (Å²) in [5.41, 5.74) is 2.19. The maximum Gasteiger partial charge on any atom is 0.252 e. The second-order valence-corrected chi connectivity index (χ2v) is 22.1. The van der Waals surface area contributed by atoms with Gasteiger partial charge in [-0.3, -0.25) is 38.6 Å². The monoisotopic (exact) mass is 1210 g/mol. The highest BCUT2D eigenvalue weighted by Gasteiger charge is 2.48. The van der Waals surface area contributed by atoms with Crippen LogP contribution in [0, 0.1) is 23.4 Å². The molecular formula is C59H76Cl3F3N10O8. The Labute approximate surface area is 501 Å². The minimum absolute atomic E-state index is 0. The molecule has 83 heavy (non-hydrogen) atoms. The number of carbonyl (C=O) groups is 6. The number of piperazine rings is 1. The number of morpholine rings is 1. The van der Waals surface area contributed by atoms with Crippen molar-refractivity contribution in [2.75, 3.05) is 94.8 Å². The summed E-state index contributed by atoms with van der Waals surface area (Å²) in [6.07, 6.45) is 1.21. The van der Waals surface area contributed by atoms with Crippen molar-refractivity contribution in [2.24, 2.45) is 5.92 Å². The van der Waals surface area contributed by atoms with E-state index in [1.807, 2.05) is 18.2 Å². The number of hydrogen-bond donors (Lipinski definition) is 6. The maximum atomic E-state index is 15.0. The number of anilines is 3. The number of carbonyl (C=O) groups excluding carboxylic acids is 6. The SMILES string of the molecule is CN[C@@H](C)C(=O)N[C@H](C(=O)N1Cc2ccc(NC(=O)CCNC(=O)[C@]3(C)CN(C(=O)CN4C[C@@H](C)NC[C@@H]4CN4CCOC[C@H]4C)c4cc(Cc5ccc(F)cc5)ccc43)cc2[C@H]1C(=O)Nc1c(F)cccc1F)C1CCOCC1.Cl.Cl.Cl. The zero-order chi connectivity index (χ0) is 56.8. The second kappa shape index (κ2) is 29.3. The van der Waals surface area contributed by atoms with Gasteiger partial charge in [0, 0.05) is 94.9 Å². The van der Waals surface area contributed by atoms with E-state index in [0.717, 1.165) is 42.4 Å². The highest BCUT2D eigenvalue weighted by molar-refractivity contribution is 6.04. The molecule has 0 radical (unpaired) electrons. The molecule has 3 saturated heterocycles. The van der Waals surface area contributed by atoms with Gasteiger partial charge in [0.05, 0.1) is 31.2 Å². The maximum absolute atomic E-state index is 15.0. The molecule has 5 aliphatic rings. The predicted molar refractivity (Wildman–Crippen MR) is 317 cm³/mol. The molecule has 6 N–H and O–H groups in total. The lowest BCUT2D eigenvalue weighted by Gasteiger charge is -2.43. The minimum Gasteiger partial charge on any atom is -0.381 e. The number of benzene rings is 4. The molecule has 4 aromatic carbocycles. The van der Waals surface area contributed by atoms with E-state index in [4.69, 9.17) is 9.47 Å². The molecule has 4 aromatic rings. The largest absolute Gasteiger partial charge is 0.381 e. The number of nitrogens with zero attached hydrogens (tertiary/aromatic N) is 4. The summed E-state index contributed by atoms with van der Waals surface area (Å²) in [6.45, 7) is 12.7. The molecule has 0 aliphatic carbocycles. The van der Waals surface area contributed by atoms with E-state index < -0.39 is 64.5 Å². The Morgan fingerprint density at radius 3 is 2.25 bits per heavy atom. The molecule has 24 heteroatoms. The van der Waals surface area contributed by atoms with E-state index in [-0.39, 0.29) is 117 Å². The van der Waals surface area contributed by atoms with E-state index in [1.165, 1.54) is 23.1 Å². The first-order chi connectivity index (χ1) is 38.4.